The van der Waals surface area contributed by atoms with Gasteiger partial charge in [0, 0.05) is 21.7 Å². The van der Waals surface area contributed by atoms with Gasteiger partial charge in [-0.15, -0.1) is 23.1 Å². The van der Waals surface area contributed by atoms with Gasteiger partial charge in [0.25, 0.3) is 5.91 Å². The molecule has 0 atom stereocenters. The molecule has 27 heavy (non-hydrogen) atoms. The Kier molecular flexibility index (Phi) is 5.86. The summed E-state index contributed by atoms with van der Waals surface area (Å²) in [6.07, 6.45) is -4.40. The van der Waals surface area contributed by atoms with Crippen LogP contribution in [0.4, 0.5) is 18.9 Å². The van der Waals surface area contributed by atoms with Crippen LogP contribution < -0.4 is 5.32 Å². The largest absolute Gasteiger partial charge is 0.416 e. The highest BCUT2D eigenvalue weighted by atomic mass is 32.2. The number of hydrogen-bond donors (Lipinski definition) is 1. The van der Waals surface area contributed by atoms with Gasteiger partial charge in [-0.05, 0) is 43.3 Å². The van der Waals surface area contributed by atoms with Gasteiger partial charge in [0.2, 0.25) is 0 Å². The first-order valence-electron chi connectivity index (χ1n) is 7.94. The first kappa shape index (κ1) is 19.4. The molecule has 0 fully saturated rings. The van der Waals surface area contributed by atoms with Gasteiger partial charge in [0.15, 0.2) is 0 Å². The Labute approximate surface area is 162 Å². The number of alkyl halides is 3. The van der Waals surface area contributed by atoms with Crippen molar-refractivity contribution >= 4 is 34.7 Å². The molecule has 2 aromatic carbocycles. The van der Waals surface area contributed by atoms with Crippen molar-refractivity contribution in [2.45, 2.75) is 23.7 Å². The summed E-state index contributed by atoms with van der Waals surface area (Å²) < 4.78 is 37.9. The number of nitrogens with zero attached hydrogens (tertiary/aromatic N) is 1. The van der Waals surface area contributed by atoms with Crippen LogP contribution in [0.1, 0.15) is 26.6 Å². The van der Waals surface area contributed by atoms with Crippen molar-refractivity contribution in [2.24, 2.45) is 0 Å². The van der Waals surface area contributed by atoms with E-state index in [-0.39, 0.29) is 5.91 Å². The Hall–Kier alpha value is -2.32. The zero-order valence-electron chi connectivity index (χ0n) is 14.2. The normalized spacial score (nSPS) is 11.4. The first-order valence-corrected chi connectivity index (χ1v) is 9.81. The first-order chi connectivity index (χ1) is 12.8. The van der Waals surface area contributed by atoms with E-state index in [1.807, 2.05) is 24.4 Å². The molecule has 3 nitrogen and oxygen atoms in total. The van der Waals surface area contributed by atoms with Crippen molar-refractivity contribution in [3.63, 3.8) is 0 Å². The molecule has 3 rings (SSSR count). The van der Waals surface area contributed by atoms with Crippen LogP contribution in [0.15, 0.2) is 58.8 Å². The maximum Gasteiger partial charge on any atom is 0.416 e. The van der Waals surface area contributed by atoms with Crippen LogP contribution in [-0.4, -0.2) is 10.9 Å². The number of rotatable bonds is 5. The minimum Gasteiger partial charge on any atom is -0.322 e. The third-order valence-corrected chi connectivity index (χ3v) is 5.57. The molecule has 140 valence electrons. The number of thioether (sulfide) groups is 1. The monoisotopic (exact) mass is 408 g/mol. The van der Waals surface area contributed by atoms with E-state index >= 15 is 0 Å². The fourth-order valence-electron chi connectivity index (χ4n) is 2.35. The van der Waals surface area contributed by atoms with E-state index in [1.54, 1.807) is 23.5 Å². The molecule has 0 aliphatic carbocycles. The van der Waals surface area contributed by atoms with Crippen LogP contribution in [0.5, 0.6) is 0 Å². The second kappa shape index (κ2) is 8.14. The molecule has 1 amide bonds. The molecule has 0 aliphatic heterocycles. The molecule has 3 aromatic rings. The molecule has 0 spiro atoms. The third kappa shape index (κ3) is 5.11. The van der Waals surface area contributed by atoms with Crippen LogP contribution in [0, 0.1) is 6.92 Å². The van der Waals surface area contributed by atoms with Gasteiger partial charge in [-0.3, -0.25) is 4.79 Å². The van der Waals surface area contributed by atoms with E-state index in [4.69, 9.17) is 0 Å². The standard InChI is InChI=1S/C19H15F3N2OS2/c1-12-23-15(10-26-12)11-27-17-5-3-2-4-16(17)18(25)24-14-8-6-13(7-9-14)19(20,21)22/h2-10H,11H2,1H3,(H,24,25). The van der Waals surface area contributed by atoms with Crippen molar-refractivity contribution in [1.29, 1.82) is 0 Å². The summed E-state index contributed by atoms with van der Waals surface area (Å²) in [4.78, 5) is 17.8. The SMILES string of the molecule is Cc1nc(CSc2ccccc2C(=O)Nc2ccc(C(F)(F)F)cc2)cs1. The molecule has 1 N–H and O–H groups in total. The van der Waals surface area contributed by atoms with E-state index in [2.05, 4.69) is 10.3 Å². The highest BCUT2D eigenvalue weighted by molar-refractivity contribution is 7.98. The number of anilines is 1. The number of aromatic nitrogens is 1. The summed E-state index contributed by atoms with van der Waals surface area (Å²) in [5.41, 5.74) is 0.966. The summed E-state index contributed by atoms with van der Waals surface area (Å²) in [5, 5.41) is 5.61. The smallest absolute Gasteiger partial charge is 0.322 e. The van der Waals surface area contributed by atoms with Crippen molar-refractivity contribution in [2.75, 3.05) is 5.32 Å². The van der Waals surface area contributed by atoms with Gasteiger partial charge in [-0.1, -0.05) is 12.1 Å². The van der Waals surface area contributed by atoms with Crippen molar-refractivity contribution in [1.82, 2.24) is 4.98 Å². The zero-order valence-corrected chi connectivity index (χ0v) is 15.8. The Balaban J connectivity index is 1.71. The highest BCUT2D eigenvalue weighted by Crippen LogP contribution is 2.30. The Morgan fingerprint density at radius 2 is 1.85 bits per heavy atom. The molecule has 1 heterocycles. The molecule has 0 radical (unpaired) electrons. The molecular formula is C19H15F3N2OS2. The summed E-state index contributed by atoms with van der Waals surface area (Å²) >= 11 is 3.06. The molecule has 0 aliphatic rings. The van der Waals surface area contributed by atoms with Gasteiger partial charge in [0.05, 0.1) is 21.8 Å². The van der Waals surface area contributed by atoms with E-state index in [9.17, 15) is 18.0 Å². The van der Waals surface area contributed by atoms with Crippen molar-refractivity contribution < 1.29 is 18.0 Å². The summed E-state index contributed by atoms with van der Waals surface area (Å²) in [5.74, 6) is 0.266. The molecule has 1 aromatic heterocycles. The van der Waals surface area contributed by atoms with E-state index < -0.39 is 11.7 Å². The topological polar surface area (TPSA) is 42.0 Å². The van der Waals surface area contributed by atoms with E-state index in [0.717, 1.165) is 27.7 Å². The quantitative estimate of drug-likeness (QED) is 0.525. The molecule has 0 saturated carbocycles. The Morgan fingerprint density at radius 1 is 1.15 bits per heavy atom. The lowest BCUT2D eigenvalue weighted by atomic mass is 10.1. The minimum absolute atomic E-state index is 0.308. The van der Waals surface area contributed by atoms with Crippen LogP contribution in [-0.2, 0) is 11.9 Å². The Morgan fingerprint density at radius 3 is 2.48 bits per heavy atom. The van der Waals surface area contributed by atoms with Gasteiger partial charge in [0.1, 0.15) is 0 Å². The number of amides is 1. The lowest BCUT2D eigenvalue weighted by Crippen LogP contribution is -2.13. The van der Waals surface area contributed by atoms with Crippen LogP contribution in [0.25, 0.3) is 0 Å². The summed E-state index contributed by atoms with van der Waals surface area (Å²) in [6.45, 7) is 1.93. The number of thiazole rings is 1. The average Bonchev–Trinajstić information content (AvgIpc) is 3.05. The van der Waals surface area contributed by atoms with Crippen LogP contribution in [0.3, 0.4) is 0 Å². The van der Waals surface area contributed by atoms with Gasteiger partial charge in [-0.25, -0.2) is 4.98 Å². The molecule has 8 heteroatoms. The highest BCUT2D eigenvalue weighted by Gasteiger charge is 2.30. The predicted molar refractivity (Wildman–Crippen MR) is 102 cm³/mol. The molecule has 0 bridgehead atoms. The van der Waals surface area contributed by atoms with Gasteiger partial charge < -0.3 is 5.32 Å². The van der Waals surface area contributed by atoms with E-state index in [1.165, 1.54) is 23.9 Å². The fourth-order valence-corrected chi connectivity index (χ4v) is 4.01. The second-order valence-corrected chi connectivity index (χ2v) is 7.75. The molecule has 0 unspecified atom stereocenters. The van der Waals surface area contributed by atoms with Crippen molar-refractivity contribution in [3.8, 4) is 0 Å². The third-order valence-electron chi connectivity index (χ3n) is 3.64. The number of hydrogen-bond acceptors (Lipinski definition) is 4. The fraction of sp³-hybridized carbons (Fsp3) is 0.158. The average molecular weight is 408 g/mol. The second-order valence-electron chi connectivity index (χ2n) is 5.67. The lowest BCUT2D eigenvalue weighted by Gasteiger charge is -2.11. The summed E-state index contributed by atoms with van der Waals surface area (Å²) in [6, 6.07) is 11.5. The number of benzene rings is 2. The summed E-state index contributed by atoms with van der Waals surface area (Å²) in [7, 11) is 0. The number of halogens is 3. The molecular weight excluding hydrogens is 393 g/mol. The van der Waals surface area contributed by atoms with Crippen LogP contribution >= 0.6 is 23.1 Å². The number of aryl methyl sites for hydroxylation is 1. The van der Waals surface area contributed by atoms with E-state index in [0.29, 0.717) is 17.0 Å². The number of carbonyl (C=O) groups is 1. The lowest BCUT2D eigenvalue weighted by molar-refractivity contribution is -0.137. The Bertz CT molecular complexity index is 937. The maximum absolute atomic E-state index is 12.6. The van der Waals surface area contributed by atoms with Crippen molar-refractivity contribution in [3.05, 3.63) is 75.7 Å². The number of nitrogens with one attached hydrogen (secondary N) is 1. The van der Waals surface area contributed by atoms with Gasteiger partial charge >= 0.3 is 6.18 Å². The molecule has 0 saturated heterocycles. The predicted octanol–water partition coefficient (Wildman–Crippen LogP) is 6.01. The maximum atomic E-state index is 12.6. The van der Waals surface area contributed by atoms with Crippen LogP contribution in [0.2, 0.25) is 0 Å². The van der Waals surface area contributed by atoms with Gasteiger partial charge in [-0.2, -0.15) is 13.2 Å². The number of carbonyl (C=O) groups excluding carboxylic acids is 1. The minimum atomic E-state index is -4.40. The zero-order chi connectivity index (χ0) is 19.4.